The van der Waals surface area contributed by atoms with E-state index in [0.29, 0.717) is 22.7 Å². The maximum atomic E-state index is 12.7. The minimum Gasteiger partial charge on any atom is -0.325 e. The van der Waals surface area contributed by atoms with Crippen LogP contribution in [0.5, 0.6) is 0 Å². The largest absolute Gasteiger partial charge is 0.325 e. The number of amides is 1. The predicted octanol–water partition coefficient (Wildman–Crippen LogP) is 3.79. The van der Waals surface area contributed by atoms with Gasteiger partial charge in [0.2, 0.25) is 5.91 Å². The molecule has 0 spiro atoms. The Morgan fingerprint density at radius 2 is 1.67 bits per heavy atom. The number of unbranched alkanes of at least 4 members (excludes halogenated alkanes) is 1. The lowest BCUT2D eigenvalue weighted by atomic mass is 10.0. The molecule has 2 aliphatic rings. The van der Waals surface area contributed by atoms with Crippen LogP contribution in [0, 0.1) is 16.7 Å². The molecule has 2 rings (SSSR count). The maximum Gasteiger partial charge on any atom is 0.241 e. The molecule has 2 fully saturated rings. The van der Waals surface area contributed by atoms with Crippen LogP contribution in [0.4, 0.5) is 0 Å². The van der Waals surface area contributed by atoms with Crippen LogP contribution in [-0.2, 0) is 4.79 Å². The molecule has 122 valence electrons. The van der Waals surface area contributed by atoms with Crippen molar-refractivity contribution in [1.82, 2.24) is 10.2 Å². The van der Waals surface area contributed by atoms with E-state index in [-0.39, 0.29) is 12.2 Å². The third kappa shape index (κ3) is 2.86. The second-order valence-corrected chi connectivity index (χ2v) is 8.15. The average Bonchev–Trinajstić information content (AvgIpc) is 2.66. The highest BCUT2D eigenvalue weighted by atomic mass is 16.2. The molecule has 1 saturated carbocycles. The van der Waals surface area contributed by atoms with Crippen LogP contribution >= 0.6 is 0 Å². The van der Waals surface area contributed by atoms with E-state index in [9.17, 15) is 4.79 Å². The molecule has 3 nitrogen and oxygen atoms in total. The maximum absolute atomic E-state index is 12.7. The zero-order valence-corrected chi connectivity index (χ0v) is 14.8. The van der Waals surface area contributed by atoms with Crippen molar-refractivity contribution in [3.05, 3.63) is 0 Å². The highest BCUT2D eigenvalue weighted by Gasteiger charge is 2.65. The Kier molecular flexibility index (Phi) is 4.72. The Morgan fingerprint density at radius 3 is 2.14 bits per heavy atom. The van der Waals surface area contributed by atoms with Gasteiger partial charge in [0.1, 0.15) is 0 Å². The molecule has 1 N–H and O–H groups in total. The Morgan fingerprint density at radius 1 is 1.05 bits per heavy atom. The summed E-state index contributed by atoms with van der Waals surface area (Å²) >= 11 is 0. The molecule has 3 heteroatoms. The smallest absolute Gasteiger partial charge is 0.241 e. The fraction of sp³-hybridized carbons (Fsp3) is 0.944. The third-order valence-electron chi connectivity index (χ3n) is 6.46. The summed E-state index contributed by atoms with van der Waals surface area (Å²) in [7, 11) is 0. The highest BCUT2D eigenvalue weighted by Crippen LogP contribution is 2.68. The summed E-state index contributed by atoms with van der Waals surface area (Å²) in [5, 5.41) is 3.59. The summed E-state index contributed by atoms with van der Waals surface area (Å²) in [4.78, 5) is 14.9. The SMILES string of the molecule is CCCCC1NC(CCC)N(CC2C(C)(C)C2(C)C)C1=O. The van der Waals surface area contributed by atoms with Crippen LogP contribution in [0.25, 0.3) is 0 Å². The summed E-state index contributed by atoms with van der Waals surface area (Å²) in [5.74, 6) is 0.973. The Labute approximate surface area is 130 Å². The van der Waals surface area contributed by atoms with Crippen molar-refractivity contribution in [3.63, 3.8) is 0 Å². The lowest BCUT2D eigenvalue weighted by molar-refractivity contribution is -0.130. The van der Waals surface area contributed by atoms with Gasteiger partial charge in [0.15, 0.2) is 0 Å². The van der Waals surface area contributed by atoms with Gasteiger partial charge in [0, 0.05) is 6.54 Å². The van der Waals surface area contributed by atoms with E-state index in [1.165, 1.54) is 0 Å². The number of hydrogen-bond donors (Lipinski definition) is 1. The molecule has 0 radical (unpaired) electrons. The second kappa shape index (κ2) is 5.91. The van der Waals surface area contributed by atoms with Gasteiger partial charge in [0.05, 0.1) is 12.2 Å². The number of carbonyl (C=O) groups excluding carboxylic acids is 1. The van der Waals surface area contributed by atoms with Gasteiger partial charge >= 0.3 is 0 Å². The van der Waals surface area contributed by atoms with Gasteiger partial charge in [0.25, 0.3) is 0 Å². The molecular formula is C18H34N2O. The quantitative estimate of drug-likeness (QED) is 0.775. The van der Waals surface area contributed by atoms with Crippen molar-refractivity contribution in [2.75, 3.05) is 6.54 Å². The normalized spacial score (nSPS) is 31.0. The molecule has 1 aliphatic heterocycles. The van der Waals surface area contributed by atoms with E-state index >= 15 is 0 Å². The van der Waals surface area contributed by atoms with Gasteiger partial charge in [-0.2, -0.15) is 0 Å². The average molecular weight is 294 g/mol. The van der Waals surface area contributed by atoms with Crippen molar-refractivity contribution in [2.24, 2.45) is 16.7 Å². The third-order valence-corrected chi connectivity index (χ3v) is 6.46. The lowest BCUT2D eigenvalue weighted by Gasteiger charge is -2.25. The predicted molar refractivity (Wildman–Crippen MR) is 87.9 cm³/mol. The first kappa shape index (κ1) is 16.8. The van der Waals surface area contributed by atoms with Crippen LogP contribution in [0.1, 0.15) is 73.6 Å². The van der Waals surface area contributed by atoms with Gasteiger partial charge in [-0.25, -0.2) is 0 Å². The molecule has 1 amide bonds. The monoisotopic (exact) mass is 294 g/mol. The molecule has 0 aromatic heterocycles. The second-order valence-electron chi connectivity index (χ2n) is 8.15. The molecule has 21 heavy (non-hydrogen) atoms. The van der Waals surface area contributed by atoms with Crippen molar-refractivity contribution in [3.8, 4) is 0 Å². The van der Waals surface area contributed by atoms with Crippen molar-refractivity contribution >= 4 is 5.91 Å². The molecule has 2 unspecified atom stereocenters. The van der Waals surface area contributed by atoms with Crippen LogP contribution in [0.3, 0.4) is 0 Å². The summed E-state index contributed by atoms with van der Waals surface area (Å²) < 4.78 is 0. The summed E-state index contributed by atoms with van der Waals surface area (Å²) in [5.41, 5.74) is 0.705. The van der Waals surface area contributed by atoms with Crippen molar-refractivity contribution < 1.29 is 4.79 Å². The lowest BCUT2D eigenvalue weighted by Crippen LogP contribution is -2.39. The summed E-state index contributed by atoms with van der Waals surface area (Å²) in [6.07, 6.45) is 5.74. The van der Waals surface area contributed by atoms with E-state index in [0.717, 1.165) is 38.6 Å². The van der Waals surface area contributed by atoms with E-state index in [4.69, 9.17) is 0 Å². The standard InChI is InChI=1S/C18H34N2O/c1-7-9-11-13-16(21)20(15(19-13)10-8-2)12-14-17(3,4)18(14,5)6/h13-15,19H,7-12H2,1-6H3. The van der Waals surface area contributed by atoms with Gasteiger partial charge in [-0.05, 0) is 29.6 Å². The number of hydrogen-bond acceptors (Lipinski definition) is 2. The molecular weight excluding hydrogens is 260 g/mol. The van der Waals surface area contributed by atoms with Crippen LogP contribution in [0.2, 0.25) is 0 Å². The molecule has 2 atom stereocenters. The number of nitrogens with zero attached hydrogens (tertiary/aromatic N) is 1. The topological polar surface area (TPSA) is 32.3 Å². The van der Waals surface area contributed by atoms with Gasteiger partial charge in [-0.1, -0.05) is 60.8 Å². The fourth-order valence-corrected chi connectivity index (χ4v) is 4.08. The first-order valence-electron chi connectivity index (χ1n) is 8.83. The van der Waals surface area contributed by atoms with Crippen LogP contribution in [0.15, 0.2) is 0 Å². The van der Waals surface area contributed by atoms with E-state index < -0.39 is 0 Å². The minimum absolute atomic E-state index is 0.0616. The zero-order valence-electron chi connectivity index (χ0n) is 14.8. The molecule has 0 bridgehead atoms. The Hall–Kier alpha value is -0.570. The molecule has 1 saturated heterocycles. The number of rotatable bonds is 7. The number of carbonyl (C=O) groups is 1. The fourth-order valence-electron chi connectivity index (χ4n) is 4.08. The Balaban J connectivity index is 2.03. The summed E-state index contributed by atoms with van der Waals surface area (Å²) in [6, 6.07) is 0.0616. The molecule has 1 aliphatic carbocycles. The van der Waals surface area contributed by atoms with E-state index in [2.05, 4.69) is 51.8 Å². The molecule has 0 aromatic rings. The van der Waals surface area contributed by atoms with Gasteiger partial charge in [-0.3, -0.25) is 10.1 Å². The van der Waals surface area contributed by atoms with Crippen LogP contribution < -0.4 is 5.32 Å². The molecule has 1 heterocycles. The first-order chi connectivity index (χ1) is 9.77. The Bertz CT molecular complexity index is 375. The van der Waals surface area contributed by atoms with Crippen molar-refractivity contribution in [2.45, 2.75) is 85.9 Å². The number of nitrogens with one attached hydrogen (secondary N) is 1. The van der Waals surface area contributed by atoms with Gasteiger partial charge in [-0.15, -0.1) is 0 Å². The minimum atomic E-state index is 0.0616. The van der Waals surface area contributed by atoms with E-state index in [1.54, 1.807) is 0 Å². The molecule has 0 aromatic carbocycles. The van der Waals surface area contributed by atoms with Crippen molar-refractivity contribution in [1.29, 1.82) is 0 Å². The van der Waals surface area contributed by atoms with Crippen LogP contribution in [-0.4, -0.2) is 29.6 Å². The van der Waals surface area contributed by atoms with E-state index in [1.807, 2.05) is 0 Å². The first-order valence-corrected chi connectivity index (χ1v) is 8.83. The summed E-state index contributed by atoms with van der Waals surface area (Å²) in [6.45, 7) is 14.7. The zero-order chi connectivity index (χ0) is 15.8. The highest BCUT2D eigenvalue weighted by molar-refractivity contribution is 5.84. The van der Waals surface area contributed by atoms with Gasteiger partial charge < -0.3 is 4.90 Å².